The number of allylic oxidation sites excluding steroid dienone is 2. The maximum absolute atomic E-state index is 11.3. The fourth-order valence-corrected chi connectivity index (χ4v) is 5.41. The van der Waals surface area contributed by atoms with Gasteiger partial charge in [0.25, 0.3) is 0 Å². The van der Waals surface area contributed by atoms with Gasteiger partial charge in [-0.2, -0.15) is 0 Å². The zero-order valence-corrected chi connectivity index (χ0v) is 16.1. The number of hydrogen-bond donors (Lipinski definition) is 2. The van der Waals surface area contributed by atoms with Gasteiger partial charge in [-0.1, -0.05) is 49.2 Å². The first-order valence-electron chi connectivity index (χ1n) is 9.45. The lowest BCUT2D eigenvalue weighted by molar-refractivity contribution is 0.330. The molecule has 2 aliphatic rings. The predicted octanol–water partition coefficient (Wildman–Crippen LogP) is 4.45. The lowest BCUT2D eigenvalue weighted by Gasteiger charge is -2.23. The topological polar surface area (TPSA) is 80.4 Å². The zero-order valence-electron chi connectivity index (χ0n) is 15.3. The van der Waals surface area contributed by atoms with E-state index in [0.29, 0.717) is 11.0 Å². The second-order valence-corrected chi connectivity index (χ2v) is 9.68. The lowest BCUT2D eigenvalue weighted by atomic mass is 9.81. The van der Waals surface area contributed by atoms with Gasteiger partial charge in [0.05, 0.1) is 5.75 Å². The van der Waals surface area contributed by atoms with Gasteiger partial charge in [-0.05, 0) is 71.1 Å². The van der Waals surface area contributed by atoms with Crippen LogP contribution in [-0.4, -0.2) is 13.5 Å². The van der Waals surface area contributed by atoms with Crippen molar-refractivity contribution in [1.29, 1.82) is 0 Å². The molecule has 27 heavy (non-hydrogen) atoms. The fourth-order valence-electron chi connectivity index (χ4n) is 4.75. The lowest BCUT2D eigenvalue weighted by Crippen LogP contribution is -2.14. The third-order valence-electron chi connectivity index (χ3n) is 6.02. The molecule has 0 saturated heterocycles. The Morgan fingerprint density at radius 2 is 1.33 bits per heavy atom. The number of benzene rings is 2. The number of sulfonamides is 1. The quantitative estimate of drug-likeness (QED) is 0.819. The Balaban J connectivity index is 1.71. The van der Waals surface area contributed by atoms with Gasteiger partial charge in [0.1, 0.15) is 5.75 Å². The van der Waals surface area contributed by atoms with Gasteiger partial charge < -0.3 is 5.11 Å². The third kappa shape index (κ3) is 3.94. The van der Waals surface area contributed by atoms with Crippen molar-refractivity contribution in [1.82, 2.24) is 0 Å². The molecule has 0 aromatic heterocycles. The van der Waals surface area contributed by atoms with Crippen LogP contribution in [0, 0.1) is 5.41 Å². The Hall–Kier alpha value is -2.11. The van der Waals surface area contributed by atoms with Crippen LogP contribution in [0.4, 0.5) is 0 Å². The highest BCUT2D eigenvalue weighted by Gasteiger charge is 2.41. The summed E-state index contributed by atoms with van der Waals surface area (Å²) in [5.41, 5.74) is 6.10. The van der Waals surface area contributed by atoms with E-state index in [0.717, 1.165) is 18.4 Å². The Kier molecular flexibility index (Phi) is 4.60. The van der Waals surface area contributed by atoms with Crippen LogP contribution >= 0.6 is 0 Å². The molecule has 1 fully saturated rings. The molecule has 3 N–H and O–H groups in total. The molecular formula is C22H25NO3S. The van der Waals surface area contributed by atoms with E-state index in [1.54, 1.807) is 12.1 Å². The molecule has 4 rings (SSSR count). The number of primary sulfonamides is 1. The van der Waals surface area contributed by atoms with Crippen molar-refractivity contribution in [2.45, 2.75) is 44.3 Å². The van der Waals surface area contributed by atoms with Crippen LogP contribution in [0.15, 0.2) is 48.5 Å². The second kappa shape index (κ2) is 6.80. The summed E-state index contributed by atoms with van der Waals surface area (Å²) < 4.78 is 22.6. The average molecular weight is 384 g/mol. The summed E-state index contributed by atoms with van der Waals surface area (Å²) >= 11 is 0. The van der Waals surface area contributed by atoms with Crippen LogP contribution in [-0.2, 0) is 15.8 Å². The standard InChI is InChI=1S/C22H25NO3S/c23-27(25,26)15-16-3-5-17(6-4-16)20-13-22(11-1-2-12-22)14-21(20)18-7-9-19(24)10-8-18/h3-10,24H,1-2,11-15H2,(H2,23,25,26). The molecule has 0 atom stereocenters. The summed E-state index contributed by atoms with van der Waals surface area (Å²) in [5.74, 6) is 0.142. The summed E-state index contributed by atoms with van der Waals surface area (Å²) in [6.07, 6.45) is 7.26. The van der Waals surface area contributed by atoms with Crippen molar-refractivity contribution in [3.05, 3.63) is 65.2 Å². The molecule has 1 saturated carbocycles. The molecule has 2 aromatic carbocycles. The van der Waals surface area contributed by atoms with E-state index >= 15 is 0 Å². The summed E-state index contributed by atoms with van der Waals surface area (Å²) in [7, 11) is -3.52. The summed E-state index contributed by atoms with van der Waals surface area (Å²) in [6.45, 7) is 0. The highest BCUT2D eigenvalue weighted by Crippen LogP contribution is 2.57. The molecule has 4 nitrogen and oxygen atoms in total. The van der Waals surface area contributed by atoms with Crippen LogP contribution in [0.1, 0.15) is 55.2 Å². The second-order valence-electron chi connectivity index (χ2n) is 8.07. The number of aromatic hydroxyl groups is 1. The van der Waals surface area contributed by atoms with E-state index in [2.05, 4.69) is 0 Å². The first kappa shape index (κ1) is 18.3. The molecule has 0 unspecified atom stereocenters. The van der Waals surface area contributed by atoms with Crippen molar-refractivity contribution < 1.29 is 13.5 Å². The summed E-state index contributed by atoms with van der Waals surface area (Å²) in [5, 5.41) is 14.8. The fraction of sp³-hybridized carbons (Fsp3) is 0.364. The summed E-state index contributed by atoms with van der Waals surface area (Å²) in [6, 6.07) is 15.2. The summed E-state index contributed by atoms with van der Waals surface area (Å²) in [4.78, 5) is 0. The maximum Gasteiger partial charge on any atom is 0.213 e. The van der Waals surface area contributed by atoms with Crippen molar-refractivity contribution in [2.24, 2.45) is 10.6 Å². The number of nitrogens with two attached hydrogens (primary N) is 1. The minimum atomic E-state index is -3.52. The minimum Gasteiger partial charge on any atom is -0.508 e. The van der Waals surface area contributed by atoms with Gasteiger partial charge in [0.15, 0.2) is 0 Å². The molecule has 0 heterocycles. The van der Waals surface area contributed by atoms with Gasteiger partial charge in [0.2, 0.25) is 10.0 Å². The smallest absolute Gasteiger partial charge is 0.213 e. The normalized spacial score (nSPS) is 19.1. The van der Waals surface area contributed by atoms with E-state index < -0.39 is 10.0 Å². The van der Waals surface area contributed by atoms with Crippen LogP contribution in [0.3, 0.4) is 0 Å². The molecule has 0 aliphatic heterocycles. The van der Waals surface area contributed by atoms with Crippen molar-refractivity contribution in [2.75, 3.05) is 0 Å². The highest BCUT2D eigenvalue weighted by atomic mass is 32.2. The number of hydrogen-bond acceptors (Lipinski definition) is 3. The Labute approximate surface area is 160 Å². The van der Waals surface area contributed by atoms with E-state index in [-0.39, 0.29) is 11.5 Å². The van der Waals surface area contributed by atoms with Gasteiger partial charge in [-0.3, -0.25) is 0 Å². The van der Waals surface area contributed by atoms with Gasteiger partial charge >= 0.3 is 0 Å². The van der Waals surface area contributed by atoms with Gasteiger partial charge in [-0.25, -0.2) is 13.6 Å². The Bertz CT molecular complexity index is 967. The first-order valence-corrected chi connectivity index (χ1v) is 11.2. The van der Waals surface area contributed by atoms with Crippen molar-refractivity contribution >= 4 is 21.2 Å². The first-order chi connectivity index (χ1) is 12.8. The van der Waals surface area contributed by atoms with Gasteiger partial charge in [-0.15, -0.1) is 0 Å². The van der Waals surface area contributed by atoms with Gasteiger partial charge in [0, 0.05) is 0 Å². The number of phenolic OH excluding ortho intramolecular Hbond substituents is 1. The molecule has 2 aromatic rings. The van der Waals surface area contributed by atoms with E-state index in [1.807, 2.05) is 36.4 Å². The molecule has 2 aliphatic carbocycles. The third-order valence-corrected chi connectivity index (χ3v) is 6.75. The van der Waals surface area contributed by atoms with Crippen LogP contribution in [0.2, 0.25) is 0 Å². The molecule has 5 heteroatoms. The predicted molar refractivity (Wildman–Crippen MR) is 108 cm³/mol. The van der Waals surface area contributed by atoms with Crippen molar-refractivity contribution in [3.63, 3.8) is 0 Å². The van der Waals surface area contributed by atoms with Crippen molar-refractivity contribution in [3.8, 4) is 5.75 Å². The van der Waals surface area contributed by atoms with Crippen LogP contribution in [0.25, 0.3) is 11.1 Å². The number of rotatable bonds is 4. The maximum atomic E-state index is 11.3. The Morgan fingerprint density at radius 1 is 0.852 bits per heavy atom. The average Bonchev–Trinajstić information content (AvgIpc) is 3.22. The minimum absolute atomic E-state index is 0.138. The largest absolute Gasteiger partial charge is 0.508 e. The zero-order chi connectivity index (χ0) is 19.1. The molecule has 142 valence electrons. The monoisotopic (exact) mass is 383 g/mol. The van der Waals surface area contributed by atoms with Crippen LogP contribution in [0.5, 0.6) is 5.75 Å². The molecule has 0 bridgehead atoms. The van der Waals surface area contributed by atoms with Crippen LogP contribution < -0.4 is 5.14 Å². The van der Waals surface area contributed by atoms with E-state index in [4.69, 9.17) is 5.14 Å². The molecule has 1 spiro atoms. The van der Waals surface area contributed by atoms with E-state index in [9.17, 15) is 13.5 Å². The SMILES string of the molecule is NS(=O)(=O)Cc1ccc(C2=C(c3ccc(O)cc3)CC3(CCCC3)C2)cc1. The molecule has 0 radical (unpaired) electrons. The molecule has 0 amide bonds. The van der Waals surface area contributed by atoms with E-state index in [1.165, 1.54) is 42.4 Å². The number of phenols is 1. The Morgan fingerprint density at radius 3 is 1.81 bits per heavy atom. The highest BCUT2D eigenvalue weighted by molar-refractivity contribution is 7.88. The molecular weight excluding hydrogens is 358 g/mol.